The molecule has 11 heteroatoms. The van der Waals surface area contributed by atoms with Crippen LogP contribution in [0.5, 0.6) is 0 Å². The van der Waals surface area contributed by atoms with Crippen molar-refractivity contribution in [2.75, 3.05) is 11.9 Å². The third kappa shape index (κ3) is 5.66. The molecule has 29 heavy (non-hydrogen) atoms. The van der Waals surface area contributed by atoms with Crippen molar-refractivity contribution in [1.29, 1.82) is 0 Å². The van der Waals surface area contributed by atoms with E-state index in [0.717, 1.165) is 15.9 Å². The monoisotopic (exact) mass is 453 g/mol. The topological polar surface area (TPSA) is 99.0 Å². The molecule has 2 aromatic carbocycles. The number of nitrogens with one attached hydrogen (secondary N) is 1. The van der Waals surface area contributed by atoms with E-state index in [2.05, 4.69) is 20.7 Å². The molecule has 3 aromatic rings. The van der Waals surface area contributed by atoms with Gasteiger partial charge in [0, 0.05) is 10.6 Å². The minimum absolute atomic E-state index is 0.164. The molecule has 3 rings (SSSR count). The number of nitrogens with zero attached hydrogens (tertiary/aromatic N) is 4. The van der Waals surface area contributed by atoms with Crippen LogP contribution in [0.3, 0.4) is 0 Å². The van der Waals surface area contributed by atoms with Gasteiger partial charge in [-0.15, -0.1) is 10.2 Å². The van der Waals surface area contributed by atoms with Gasteiger partial charge in [0.15, 0.2) is 13.2 Å². The van der Waals surface area contributed by atoms with E-state index in [-0.39, 0.29) is 22.3 Å². The molecule has 0 aliphatic rings. The highest BCUT2D eigenvalue weighted by Crippen LogP contribution is 2.33. The Balaban J connectivity index is 1.52. The zero-order valence-electron chi connectivity index (χ0n) is 15.0. The maximum Gasteiger partial charge on any atom is 0.330 e. The molecule has 0 saturated carbocycles. The van der Waals surface area contributed by atoms with Crippen molar-refractivity contribution < 1.29 is 14.3 Å². The van der Waals surface area contributed by atoms with Crippen molar-refractivity contribution in [3.8, 4) is 11.4 Å². The molecule has 1 aromatic heterocycles. The number of benzene rings is 2. The number of aryl methyl sites for hydroxylation is 1. The molecule has 1 amide bonds. The zero-order chi connectivity index (χ0) is 21.0. The van der Waals surface area contributed by atoms with Crippen molar-refractivity contribution in [2.45, 2.75) is 13.5 Å². The zero-order valence-corrected chi connectivity index (χ0v) is 17.3. The molecule has 0 aliphatic carbocycles. The maximum atomic E-state index is 12.0. The first-order valence-corrected chi connectivity index (χ1v) is 9.40. The summed E-state index contributed by atoms with van der Waals surface area (Å²) in [4.78, 5) is 25.0. The molecule has 0 fully saturated rings. The molecule has 0 unspecified atom stereocenters. The molecule has 0 spiro atoms. The van der Waals surface area contributed by atoms with Crippen LogP contribution in [0.25, 0.3) is 11.4 Å². The van der Waals surface area contributed by atoms with Crippen LogP contribution in [0.1, 0.15) is 5.56 Å². The Hall–Kier alpha value is -2.68. The fourth-order valence-corrected chi connectivity index (χ4v) is 3.18. The Morgan fingerprint density at radius 1 is 1.10 bits per heavy atom. The largest absolute Gasteiger partial charge is 0.454 e. The predicted octanol–water partition coefficient (Wildman–Crippen LogP) is 3.79. The second-order valence-electron chi connectivity index (χ2n) is 5.96. The van der Waals surface area contributed by atoms with Gasteiger partial charge in [0.05, 0.1) is 15.7 Å². The van der Waals surface area contributed by atoms with Crippen molar-refractivity contribution in [2.24, 2.45) is 0 Å². The summed E-state index contributed by atoms with van der Waals surface area (Å²) < 4.78 is 4.92. The van der Waals surface area contributed by atoms with Crippen LogP contribution in [0.15, 0.2) is 36.4 Å². The fourth-order valence-electron chi connectivity index (χ4n) is 2.27. The maximum absolute atomic E-state index is 12.0. The van der Waals surface area contributed by atoms with E-state index in [0.29, 0.717) is 10.8 Å². The number of hydrogen-bond acceptors (Lipinski definition) is 6. The first kappa shape index (κ1) is 21.0. The molecule has 150 valence electrons. The summed E-state index contributed by atoms with van der Waals surface area (Å²) in [5.41, 5.74) is 2.05. The van der Waals surface area contributed by atoms with E-state index < -0.39 is 18.5 Å². The quantitative estimate of drug-likeness (QED) is 0.569. The first-order chi connectivity index (χ1) is 13.8. The number of amides is 1. The summed E-state index contributed by atoms with van der Waals surface area (Å²) in [6.07, 6.45) is 0. The van der Waals surface area contributed by atoms with Crippen LogP contribution in [0, 0.1) is 6.92 Å². The van der Waals surface area contributed by atoms with Crippen LogP contribution >= 0.6 is 34.8 Å². The standard InChI is InChI=1S/C18H14Cl3N5O3/c1-10-2-4-11(5-3-10)18-23-25-26(24-18)8-16(28)29-9-15(27)22-17-13(20)6-12(19)7-14(17)21/h2-7H,8-9H2,1H3,(H,22,27). The van der Waals surface area contributed by atoms with E-state index in [9.17, 15) is 9.59 Å². The van der Waals surface area contributed by atoms with Gasteiger partial charge < -0.3 is 10.1 Å². The van der Waals surface area contributed by atoms with E-state index in [1.807, 2.05) is 31.2 Å². The number of esters is 1. The molecule has 0 bridgehead atoms. The van der Waals surface area contributed by atoms with E-state index in [4.69, 9.17) is 39.5 Å². The highest BCUT2D eigenvalue weighted by atomic mass is 35.5. The van der Waals surface area contributed by atoms with Gasteiger partial charge in [-0.3, -0.25) is 4.79 Å². The lowest BCUT2D eigenvalue weighted by Crippen LogP contribution is -2.24. The molecule has 1 N–H and O–H groups in total. The van der Waals surface area contributed by atoms with Crippen LogP contribution in [-0.4, -0.2) is 38.7 Å². The summed E-state index contributed by atoms with van der Waals surface area (Å²) in [5, 5.41) is 15.0. The van der Waals surface area contributed by atoms with Gasteiger partial charge in [-0.25, -0.2) is 4.79 Å². The summed E-state index contributed by atoms with van der Waals surface area (Å²) in [6.45, 7) is 1.14. The Kier molecular flexibility index (Phi) is 6.68. The Labute approximate surface area is 180 Å². The molecule has 0 atom stereocenters. The van der Waals surface area contributed by atoms with E-state index in [1.165, 1.54) is 12.1 Å². The Morgan fingerprint density at radius 3 is 2.41 bits per heavy atom. The molecule has 1 heterocycles. The second kappa shape index (κ2) is 9.21. The number of carbonyl (C=O) groups is 2. The Bertz CT molecular complexity index is 1030. The molecule has 8 nitrogen and oxygen atoms in total. The highest BCUT2D eigenvalue weighted by molar-refractivity contribution is 6.42. The van der Waals surface area contributed by atoms with Crippen molar-refractivity contribution in [1.82, 2.24) is 20.2 Å². The summed E-state index contributed by atoms with van der Waals surface area (Å²) >= 11 is 17.8. The van der Waals surface area contributed by atoms with Gasteiger partial charge in [-0.2, -0.15) is 4.80 Å². The number of rotatable bonds is 6. The van der Waals surface area contributed by atoms with Gasteiger partial charge in [-0.1, -0.05) is 64.6 Å². The molecular weight excluding hydrogens is 441 g/mol. The lowest BCUT2D eigenvalue weighted by molar-refractivity contribution is -0.148. The van der Waals surface area contributed by atoms with Crippen LogP contribution in [0.2, 0.25) is 15.1 Å². The van der Waals surface area contributed by atoms with E-state index >= 15 is 0 Å². The summed E-state index contributed by atoms with van der Waals surface area (Å²) in [7, 11) is 0. The predicted molar refractivity (Wildman–Crippen MR) is 109 cm³/mol. The van der Waals surface area contributed by atoms with Crippen molar-refractivity contribution >= 4 is 52.4 Å². The summed E-state index contributed by atoms with van der Waals surface area (Å²) in [5.74, 6) is -0.944. The number of aromatic nitrogens is 4. The second-order valence-corrected chi connectivity index (χ2v) is 7.21. The average molecular weight is 455 g/mol. The number of halogens is 3. The van der Waals surface area contributed by atoms with Gasteiger partial charge in [0.2, 0.25) is 5.82 Å². The minimum atomic E-state index is -0.707. The number of tetrazole rings is 1. The first-order valence-electron chi connectivity index (χ1n) is 8.26. The number of hydrogen-bond donors (Lipinski definition) is 1. The molecule has 0 saturated heterocycles. The van der Waals surface area contributed by atoms with Crippen LogP contribution in [-0.2, 0) is 20.9 Å². The Morgan fingerprint density at radius 2 is 1.76 bits per heavy atom. The van der Waals surface area contributed by atoms with Crippen LogP contribution in [0.4, 0.5) is 5.69 Å². The molecular formula is C18H14Cl3N5O3. The normalized spacial score (nSPS) is 10.6. The summed E-state index contributed by atoms with van der Waals surface area (Å²) in [6, 6.07) is 10.4. The average Bonchev–Trinajstić information content (AvgIpc) is 3.12. The van der Waals surface area contributed by atoms with Gasteiger partial charge in [0.25, 0.3) is 5.91 Å². The molecule has 0 radical (unpaired) electrons. The van der Waals surface area contributed by atoms with Gasteiger partial charge >= 0.3 is 5.97 Å². The van der Waals surface area contributed by atoms with E-state index in [1.54, 1.807) is 0 Å². The van der Waals surface area contributed by atoms with Gasteiger partial charge in [-0.05, 0) is 24.3 Å². The van der Waals surface area contributed by atoms with Gasteiger partial charge in [0.1, 0.15) is 0 Å². The minimum Gasteiger partial charge on any atom is -0.454 e. The molecule has 0 aliphatic heterocycles. The number of anilines is 1. The van der Waals surface area contributed by atoms with Crippen molar-refractivity contribution in [3.05, 3.63) is 57.0 Å². The van der Waals surface area contributed by atoms with Crippen molar-refractivity contribution in [3.63, 3.8) is 0 Å². The highest BCUT2D eigenvalue weighted by Gasteiger charge is 2.15. The lowest BCUT2D eigenvalue weighted by Gasteiger charge is -2.10. The van der Waals surface area contributed by atoms with Crippen LogP contribution < -0.4 is 5.32 Å². The number of carbonyl (C=O) groups excluding carboxylic acids is 2. The number of ether oxygens (including phenoxy) is 1. The smallest absolute Gasteiger partial charge is 0.330 e. The lowest BCUT2D eigenvalue weighted by atomic mass is 10.1. The fraction of sp³-hybridized carbons (Fsp3) is 0.167. The third-order valence-electron chi connectivity index (χ3n) is 3.67. The SMILES string of the molecule is Cc1ccc(-c2nnn(CC(=O)OCC(=O)Nc3c(Cl)cc(Cl)cc3Cl)n2)cc1. The third-order valence-corrected chi connectivity index (χ3v) is 4.48.